The first kappa shape index (κ1) is 26.7. The number of amides is 5. The molecule has 2 aromatic carbocycles. The summed E-state index contributed by atoms with van der Waals surface area (Å²) in [4.78, 5) is 54.1. The number of ether oxygens (including phenoxy) is 1. The summed E-state index contributed by atoms with van der Waals surface area (Å²) in [6, 6.07) is 6.99. The van der Waals surface area contributed by atoms with E-state index in [0.717, 1.165) is 29.3 Å². The average molecular weight is 541 g/mol. The zero-order valence-corrected chi connectivity index (χ0v) is 22.0. The lowest BCUT2D eigenvalue weighted by molar-refractivity contribution is -0.182. The van der Waals surface area contributed by atoms with E-state index >= 15 is 0 Å². The summed E-state index contributed by atoms with van der Waals surface area (Å²) in [5.74, 6) is -2.84. The summed E-state index contributed by atoms with van der Waals surface area (Å²) in [7, 11) is 1.58. The van der Waals surface area contributed by atoms with Crippen molar-refractivity contribution in [3.05, 3.63) is 64.7 Å². The van der Waals surface area contributed by atoms with Crippen LogP contribution in [0.4, 0.5) is 19.3 Å². The number of anilines is 1. The van der Waals surface area contributed by atoms with Crippen molar-refractivity contribution in [2.75, 3.05) is 25.5 Å². The molecule has 5 amide bonds. The summed E-state index contributed by atoms with van der Waals surface area (Å²) in [6.07, 6.45) is 1.43. The minimum Gasteiger partial charge on any atom is -0.363 e. The normalized spacial score (nSPS) is 23.8. The molecule has 3 aliphatic rings. The molecular formula is C28H30F2N4O5. The van der Waals surface area contributed by atoms with Gasteiger partial charge in [0.1, 0.15) is 29.3 Å². The van der Waals surface area contributed by atoms with Gasteiger partial charge in [0.05, 0.1) is 12.6 Å². The number of fused-ring (bicyclic) bond motifs is 1. The molecular weight excluding hydrogens is 510 g/mol. The van der Waals surface area contributed by atoms with Crippen molar-refractivity contribution in [3.8, 4) is 0 Å². The molecule has 2 fully saturated rings. The number of rotatable bonds is 6. The largest absolute Gasteiger partial charge is 0.363 e. The molecule has 5 rings (SSSR count). The molecule has 9 nitrogen and oxygen atoms in total. The van der Waals surface area contributed by atoms with Gasteiger partial charge >= 0.3 is 6.03 Å². The van der Waals surface area contributed by atoms with E-state index in [1.165, 1.54) is 9.80 Å². The third kappa shape index (κ3) is 4.44. The molecule has 2 saturated heterocycles. The van der Waals surface area contributed by atoms with Gasteiger partial charge in [-0.1, -0.05) is 19.9 Å². The summed E-state index contributed by atoms with van der Waals surface area (Å²) in [5.41, 5.74) is 0.281. The smallest absolute Gasteiger partial charge is 0.324 e. The van der Waals surface area contributed by atoms with Gasteiger partial charge in [0.2, 0.25) is 5.91 Å². The number of imide groups is 1. The van der Waals surface area contributed by atoms with Gasteiger partial charge in [0.15, 0.2) is 0 Å². The van der Waals surface area contributed by atoms with E-state index in [0.29, 0.717) is 31.4 Å². The molecule has 0 aromatic heterocycles. The number of carbonyl (C=O) groups is 4. The molecule has 1 spiro atoms. The van der Waals surface area contributed by atoms with Crippen LogP contribution < -0.4 is 10.6 Å². The Balaban J connectivity index is 1.37. The van der Waals surface area contributed by atoms with Crippen molar-refractivity contribution in [1.29, 1.82) is 0 Å². The Morgan fingerprint density at radius 2 is 1.72 bits per heavy atom. The van der Waals surface area contributed by atoms with Crippen molar-refractivity contribution in [3.63, 3.8) is 0 Å². The molecule has 0 saturated carbocycles. The third-order valence-electron chi connectivity index (χ3n) is 8.32. The van der Waals surface area contributed by atoms with Crippen molar-refractivity contribution in [2.45, 2.75) is 56.7 Å². The van der Waals surface area contributed by atoms with Gasteiger partial charge in [-0.05, 0) is 53.8 Å². The number of urea groups is 1. The number of nitrogens with one attached hydrogen (secondary N) is 2. The first-order valence-electron chi connectivity index (χ1n) is 12.9. The van der Waals surface area contributed by atoms with Crippen LogP contribution in [0.3, 0.4) is 0 Å². The lowest BCUT2D eigenvalue weighted by atomic mass is 9.90. The van der Waals surface area contributed by atoms with Crippen molar-refractivity contribution in [2.24, 2.45) is 0 Å². The minimum atomic E-state index is -1.13. The number of likely N-dealkylation sites (N-methyl/N-ethyl adjacent to an activating group) is 1. The molecule has 1 aliphatic carbocycles. The van der Waals surface area contributed by atoms with Crippen LogP contribution in [0.2, 0.25) is 0 Å². The second kappa shape index (κ2) is 9.71. The fourth-order valence-corrected chi connectivity index (χ4v) is 5.91. The van der Waals surface area contributed by atoms with Gasteiger partial charge in [-0.3, -0.25) is 19.7 Å². The Labute approximate surface area is 224 Å². The van der Waals surface area contributed by atoms with Crippen molar-refractivity contribution < 1.29 is 32.7 Å². The topological polar surface area (TPSA) is 108 Å². The fourth-order valence-electron chi connectivity index (χ4n) is 5.91. The monoisotopic (exact) mass is 540 g/mol. The highest BCUT2D eigenvalue weighted by atomic mass is 19.1. The van der Waals surface area contributed by atoms with E-state index in [1.807, 2.05) is 13.8 Å². The molecule has 2 N–H and O–H groups in total. The Kier molecular flexibility index (Phi) is 6.66. The number of hydrogen-bond donors (Lipinski definition) is 2. The first-order valence-corrected chi connectivity index (χ1v) is 12.9. The maximum absolute atomic E-state index is 14.0. The Bertz CT molecular complexity index is 1360. The van der Waals surface area contributed by atoms with Crippen molar-refractivity contribution in [1.82, 2.24) is 15.1 Å². The van der Waals surface area contributed by atoms with Crippen LogP contribution in [-0.4, -0.2) is 64.9 Å². The Hall–Kier alpha value is -3.86. The van der Waals surface area contributed by atoms with E-state index in [2.05, 4.69) is 10.6 Å². The molecule has 0 bridgehead atoms. The van der Waals surface area contributed by atoms with Crippen LogP contribution in [0.25, 0.3) is 0 Å². The number of carbonyl (C=O) groups excluding carboxylic acids is 4. The number of benzene rings is 2. The molecule has 2 aromatic rings. The van der Waals surface area contributed by atoms with Crippen LogP contribution in [0.15, 0.2) is 36.4 Å². The molecule has 39 heavy (non-hydrogen) atoms. The van der Waals surface area contributed by atoms with Gasteiger partial charge < -0.3 is 19.9 Å². The molecule has 0 unspecified atom stereocenters. The highest BCUT2D eigenvalue weighted by Gasteiger charge is 2.54. The number of hydrogen-bond acceptors (Lipinski definition) is 5. The third-order valence-corrected chi connectivity index (χ3v) is 8.32. The second-order valence-electron chi connectivity index (χ2n) is 10.4. The van der Waals surface area contributed by atoms with Crippen LogP contribution in [0.1, 0.15) is 49.4 Å². The maximum Gasteiger partial charge on any atom is 0.324 e. The predicted molar refractivity (Wildman–Crippen MR) is 137 cm³/mol. The number of halogens is 2. The van der Waals surface area contributed by atoms with Crippen LogP contribution >= 0.6 is 0 Å². The van der Waals surface area contributed by atoms with E-state index in [-0.39, 0.29) is 24.6 Å². The molecule has 2 atom stereocenters. The molecule has 2 aliphatic heterocycles. The average Bonchev–Trinajstić information content (AvgIpc) is 3.37. The summed E-state index contributed by atoms with van der Waals surface area (Å²) >= 11 is 0. The predicted octanol–water partition coefficient (Wildman–Crippen LogP) is 3.08. The molecule has 11 heteroatoms. The SMILES string of the molecule is CCC1(CC)OC[C@@H](c2cc(F)cc(F)c2)N(CC(=O)Nc2ccc3c(c2)C[C@]2(C3)C(=O)NC(=O)N2C)C1=O. The quantitative estimate of drug-likeness (QED) is 0.548. The highest BCUT2D eigenvalue weighted by molar-refractivity contribution is 6.07. The van der Waals surface area contributed by atoms with Gasteiger partial charge in [-0.15, -0.1) is 0 Å². The number of morpholine rings is 1. The zero-order valence-electron chi connectivity index (χ0n) is 22.0. The van der Waals surface area contributed by atoms with Gasteiger partial charge in [-0.25, -0.2) is 13.6 Å². The second-order valence-corrected chi connectivity index (χ2v) is 10.4. The van der Waals surface area contributed by atoms with Gasteiger partial charge in [0.25, 0.3) is 11.8 Å². The van der Waals surface area contributed by atoms with E-state index in [4.69, 9.17) is 4.74 Å². The van der Waals surface area contributed by atoms with Crippen LogP contribution in [-0.2, 0) is 32.0 Å². The first-order chi connectivity index (χ1) is 18.5. The lowest BCUT2D eigenvalue weighted by Crippen LogP contribution is -2.58. The lowest BCUT2D eigenvalue weighted by Gasteiger charge is -2.45. The highest BCUT2D eigenvalue weighted by Crippen LogP contribution is 2.39. The maximum atomic E-state index is 14.0. The van der Waals surface area contributed by atoms with Crippen LogP contribution in [0.5, 0.6) is 0 Å². The Morgan fingerprint density at radius 3 is 2.33 bits per heavy atom. The number of nitrogens with zero attached hydrogens (tertiary/aromatic N) is 2. The molecule has 206 valence electrons. The molecule has 0 radical (unpaired) electrons. The van der Waals surface area contributed by atoms with Crippen molar-refractivity contribution >= 4 is 29.4 Å². The minimum absolute atomic E-state index is 0.0151. The van der Waals surface area contributed by atoms with E-state index in [9.17, 15) is 28.0 Å². The summed E-state index contributed by atoms with van der Waals surface area (Å²) in [6.45, 7) is 3.26. The van der Waals surface area contributed by atoms with Crippen LogP contribution in [0, 0.1) is 11.6 Å². The molecule has 2 heterocycles. The zero-order chi connectivity index (χ0) is 28.1. The van der Waals surface area contributed by atoms with E-state index in [1.54, 1.807) is 25.2 Å². The standard InChI is InChI=1S/C28H30F2N4O5/c1-4-28(5-2)25(37)34(22(15-39-28)17-8-19(29)11-20(30)9-17)14-23(35)31-21-7-6-16-12-27(13-18(16)10-21)24(36)32-26(38)33(27)3/h6-11,22H,4-5,12-15H2,1-3H3,(H,31,35)(H,32,36,38)/t22-,27+/m0/s1. The fraction of sp³-hybridized carbons (Fsp3) is 0.429. The van der Waals surface area contributed by atoms with Gasteiger partial charge in [0, 0.05) is 31.6 Å². The van der Waals surface area contributed by atoms with E-state index < -0.39 is 46.7 Å². The summed E-state index contributed by atoms with van der Waals surface area (Å²) < 4.78 is 34.0. The summed E-state index contributed by atoms with van der Waals surface area (Å²) in [5, 5.41) is 5.16. The Morgan fingerprint density at radius 1 is 1.05 bits per heavy atom. The van der Waals surface area contributed by atoms with Gasteiger partial charge in [-0.2, -0.15) is 0 Å².